The predicted molar refractivity (Wildman–Crippen MR) is 105 cm³/mol. The molecular formula is C19H18Cl3NO3. The van der Waals surface area contributed by atoms with Gasteiger partial charge >= 0.3 is 5.97 Å². The fraction of sp³-hybridized carbons (Fsp3) is 0.263. The maximum absolute atomic E-state index is 12.5. The van der Waals surface area contributed by atoms with Crippen LogP contribution < -0.4 is 5.32 Å². The van der Waals surface area contributed by atoms with E-state index in [0.29, 0.717) is 20.8 Å². The van der Waals surface area contributed by atoms with Crippen LogP contribution in [0.4, 0.5) is 5.69 Å². The van der Waals surface area contributed by atoms with Crippen molar-refractivity contribution in [3.63, 3.8) is 0 Å². The molecule has 0 aromatic heterocycles. The van der Waals surface area contributed by atoms with Gasteiger partial charge in [0.25, 0.3) is 5.91 Å². The molecule has 0 bridgehead atoms. The number of nitrogens with one attached hydrogen (secondary N) is 1. The van der Waals surface area contributed by atoms with E-state index in [4.69, 9.17) is 39.5 Å². The van der Waals surface area contributed by atoms with E-state index in [0.717, 1.165) is 5.56 Å². The SMILES string of the molecule is CC(C)[C@H](C(=O)OCC(=O)Nc1ccc(Cl)cc1Cl)c1ccc(Cl)cc1. The number of ether oxygens (including phenoxy) is 1. The van der Waals surface area contributed by atoms with Crippen molar-refractivity contribution in [3.8, 4) is 0 Å². The molecule has 0 spiro atoms. The van der Waals surface area contributed by atoms with Gasteiger partial charge in [-0.3, -0.25) is 9.59 Å². The summed E-state index contributed by atoms with van der Waals surface area (Å²) in [6.45, 7) is 3.41. The van der Waals surface area contributed by atoms with Crippen LogP contribution in [0.1, 0.15) is 25.3 Å². The average Bonchev–Trinajstić information content (AvgIpc) is 2.57. The van der Waals surface area contributed by atoms with Gasteiger partial charge in [-0.1, -0.05) is 60.8 Å². The maximum atomic E-state index is 12.5. The minimum Gasteiger partial charge on any atom is -0.455 e. The number of anilines is 1. The Morgan fingerprint density at radius 1 is 1.00 bits per heavy atom. The molecular weight excluding hydrogens is 397 g/mol. The zero-order chi connectivity index (χ0) is 19.3. The van der Waals surface area contributed by atoms with E-state index in [2.05, 4.69) is 5.32 Å². The molecule has 1 amide bonds. The third-order valence-corrected chi connectivity index (χ3v) is 4.50. The lowest BCUT2D eigenvalue weighted by atomic mass is 9.88. The number of carbonyl (C=O) groups excluding carboxylic acids is 2. The van der Waals surface area contributed by atoms with Gasteiger partial charge in [-0.05, 0) is 41.8 Å². The van der Waals surface area contributed by atoms with Gasteiger partial charge in [0, 0.05) is 10.0 Å². The number of esters is 1. The Kier molecular flexibility index (Phi) is 7.33. The molecule has 0 aliphatic heterocycles. The third-order valence-electron chi connectivity index (χ3n) is 3.70. The standard InChI is InChI=1S/C19H18Cl3NO3/c1-11(2)18(12-3-5-13(20)6-4-12)19(25)26-10-17(24)23-16-8-7-14(21)9-15(16)22/h3-9,11,18H,10H2,1-2H3,(H,23,24)/t18-/m0/s1. The minimum absolute atomic E-state index is 0.00236. The molecule has 138 valence electrons. The van der Waals surface area contributed by atoms with Gasteiger partial charge in [0.05, 0.1) is 16.6 Å². The summed E-state index contributed by atoms with van der Waals surface area (Å²) < 4.78 is 5.19. The van der Waals surface area contributed by atoms with Gasteiger partial charge in [-0.15, -0.1) is 0 Å². The van der Waals surface area contributed by atoms with Crippen molar-refractivity contribution in [1.82, 2.24) is 0 Å². The normalized spacial score (nSPS) is 11.9. The van der Waals surface area contributed by atoms with Gasteiger partial charge in [0.2, 0.25) is 0 Å². The summed E-state index contributed by atoms with van der Waals surface area (Å²) >= 11 is 17.7. The molecule has 1 N–H and O–H groups in total. The first kappa shape index (κ1) is 20.6. The Hall–Kier alpha value is -1.75. The summed E-state index contributed by atoms with van der Waals surface area (Å²) in [5.41, 5.74) is 1.19. The van der Waals surface area contributed by atoms with E-state index in [1.54, 1.807) is 36.4 Å². The monoisotopic (exact) mass is 413 g/mol. The number of halogens is 3. The lowest BCUT2D eigenvalue weighted by molar-refractivity contribution is -0.149. The van der Waals surface area contributed by atoms with Crippen molar-refractivity contribution in [2.75, 3.05) is 11.9 Å². The summed E-state index contributed by atoms with van der Waals surface area (Å²) in [5.74, 6) is -1.45. The number of rotatable bonds is 6. The number of hydrogen-bond donors (Lipinski definition) is 1. The highest BCUT2D eigenvalue weighted by Crippen LogP contribution is 2.28. The molecule has 2 aromatic carbocycles. The van der Waals surface area contributed by atoms with Crippen LogP contribution >= 0.6 is 34.8 Å². The summed E-state index contributed by atoms with van der Waals surface area (Å²) in [6, 6.07) is 11.7. The molecule has 2 aromatic rings. The molecule has 0 saturated heterocycles. The van der Waals surface area contributed by atoms with Crippen LogP contribution in [0.5, 0.6) is 0 Å². The Bertz CT molecular complexity index is 791. The van der Waals surface area contributed by atoms with Crippen molar-refractivity contribution in [2.45, 2.75) is 19.8 Å². The molecule has 0 aliphatic carbocycles. The largest absolute Gasteiger partial charge is 0.455 e. The van der Waals surface area contributed by atoms with E-state index in [1.807, 2.05) is 13.8 Å². The first-order valence-electron chi connectivity index (χ1n) is 7.95. The fourth-order valence-corrected chi connectivity index (χ4v) is 3.05. The van der Waals surface area contributed by atoms with E-state index in [1.165, 1.54) is 6.07 Å². The van der Waals surface area contributed by atoms with Crippen LogP contribution in [0, 0.1) is 5.92 Å². The second-order valence-electron chi connectivity index (χ2n) is 6.05. The average molecular weight is 415 g/mol. The lowest BCUT2D eigenvalue weighted by Gasteiger charge is -2.20. The van der Waals surface area contributed by atoms with Gasteiger partial charge in [0.1, 0.15) is 0 Å². The van der Waals surface area contributed by atoms with E-state index in [9.17, 15) is 9.59 Å². The van der Waals surface area contributed by atoms with Crippen molar-refractivity contribution < 1.29 is 14.3 Å². The molecule has 4 nitrogen and oxygen atoms in total. The molecule has 0 aliphatic rings. The third kappa shape index (κ3) is 5.63. The van der Waals surface area contributed by atoms with Crippen LogP contribution in [0.2, 0.25) is 15.1 Å². The van der Waals surface area contributed by atoms with Crippen LogP contribution in [-0.2, 0) is 14.3 Å². The summed E-state index contributed by atoms with van der Waals surface area (Å²) in [7, 11) is 0. The van der Waals surface area contributed by atoms with Crippen molar-refractivity contribution in [2.24, 2.45) is 5.92 Å². The summed E-state index contributed by atoms with van der Waals surface area (Å²) in [6.07, 6.45) is 0. The quantitative estimate of drug-likeness (QED) is 0.629. The highest BCUT2D eigenvalue weighted by atomic mass is 35.5. The fourth-order valence-electron chi connectivity index (χ4n) is 2.47. The van der Waals surface area contributed by atoms with E-state index < -0.39 is 24.4 Å². The zero-order valence-electron chi connectivity index (χ0n) is 14.3. The minimum atomic E-state index is -0.487. The second kappa shape index (κ2) is 9.26. The highest BCUT2D eigenvalue weighted by molar-refractivity contribution is 6.36. The molecule has 0 heterocycles. The molecule has 0 fully saturated rings. The Morgan fingerprint density at radius 3 is 2.19 bits per heavy atom. The zero-order valence-corrected chi connectivity index (χ0v) is 16.5. The predicted octanol–water partition coefficient (Wildman–Crippen LogP) is 5.57. The summed E-state index contributed by atoms with van der Waals surface area (Å²) in [4.78, 5) is 24.5. The second-order valence-corrected chi connectivity index (χ2v) is 7.33. The number of benzene rings is 2. The Labute approximate surface area is 167 Å². The van der Waals surface area contributed by atoms with Crippen LogP contribution in [0.3, 0.4) is 0 Å². The molecule has 2 rings (SSSR count). The highest BCUT2D eigenvalue weighted by Gasteiger charge is 2.26. The molecule has 26 heavy (non-hydrogen) atoms. The van der Waals surface area contributed by atoms with Crippen molar-refractivity contribution in [3.05, 3.63) is 63.1 Å². The summed E-state index contributed by atoms with van der Waals surface area (Å²) in [5, 5.41) is 3.94. The lowest BCUT2D eigenvalue weighted by Crippen LogP contribution is -2.26. The molecule has 7 heteroatoms. The first-order chi connectivity index (χ1) is 12.3. The van der Waals surface area contributed by atoms with E-state index in [-0.39, 0.29) is 5.92 Å². The van der Waals surface area contributed by atoms with Gasteiger partial charge < -0.3 is 10.1 Å². The number of hydrogen-bond acceptors (Lipinski definition) is 3. The van der Waals surface area contributed by atoms with Gasteiger partial charge in [-0.2, -0.15) is 0 Å². The van der Waals surface area contributed by atoms with Gasteiger partial charge in [-0.25, -0.2) is 0 Å². The molecule has 0 saturated carbocycles. The van der Waals surface area contributed by atoms with Crippen LogP contribution in [0.25, 0.3) is 0 Å². The van der Waals surface area contributed by atoms with Crippen molar-refractivity contribution >= 4 is 52.4 Å². The molecule has 0 radical (unpaired) electrons. The first-order valence-corrected chi connectivity index (χ1v) is 9.08. The van der Waals surface area contributed by atoms with Crippen molar-refractivity contribution in [1.29, 1.82) is 0 Å². The Morgan fingerprint density at radius 2 is 1.62 bits per heavy atom. The van der Waals surface area contributed by atoms with Gasteiger partial charge in [0.15, 0.2) is 6.61 Å². The Balaban J connectivity index is 1.98. The topological polar surface area (TPSA) is 55.4 Å². The molecule has 0 unspecified atom stereocenters. The van der Waals surface area contributed by atoms with Crippen LogP contribution in [-0.4, -0.2) is 18.5 Å². The number of amides is 1. The smallest absolute Gasteiger partial charge is 0.314 e. The van der Waals surface area contributed by atoms with Crippen LogP contribution in [0.15, 0.2) is 42.5 Å². The number of carbonyl (C=O) groups is 2. The molecule has 1 atom stereocenters. The van der Waals surface area contributed by atoms with E-state index >= 15 is 0 Å². The maximum Gasteiger partial charge on any atom is 0.314 e.